The van der Waals surface area contributed by atoms with Crippen molar-refractivity contribution in [3.8, 4) is 0 Å². The Kier molecular flexibility index (Phi) is 4.69. The number of hydrogen-bond donors (Lipinski definition) is 3. The Hall–Kier alpha value is -2.14. The van der Waals surface area contributed by atoms with Gasteiger partial charge in [0.1, 0.15) is 5.82 Å². The summed E-state index contributed by atoms with van der Waals surface area (Å²) in [6, 6.07) is 10.8. The van der Waals surface area contributed by atoms with Crippen LogP contribution >= 0.6 is 0 Å². The van der Waals surface area contributed by atoms with Gasteiger partial charge in [0.05, 0.1) is 12.4 Å². The summed E-state index contributed by atoms with van der Waals surface area (Å²) in [6.45, 7) is 2.13. The van der Waals surface area contributed by atoms with Crippen molar-refractivity contribution in [3.05, 3.63) is 48.3 Å². The van der Waals surface area contributed by atoms with E-state index in [0.29, 0.717) is 11.9 Å². The number of nitrogens with zero attached hydrogens (tertiary/aromatic N) is 2. The average Bonchev–Trinajstić information content (AvgIpc) is 2.46. The molecule has 0 bridgehead atoms. The molecule has 0 aliphatic rings. The standard InChI is InChI=1S/C14H19N5/c1-11(7-8-12-5-3-2-4-6-12)17-13-9-16-10-14(18-13)19-15/h2-6,9-11H,7-8,15H2,1H3,(H2,17,18,19). The van der Waals surface area contributed by atoms with Gasteiger partial charge in [-0.25, -0.2) is 10.8 Å². The number of nitrogen functional groups attached to an aromatic ring is 1. The lowest BCUT2D eigenvalue weighted by atomic mass is 10.1. The van der Waals surface area contributed by atoms with Crippen molar-refractivity contribution < 1.29 is 0 Å². The summed E-state index contributed by atoms with van der Waals surface area (Å²) in [4.78, 5) is 8.34. The number of rotatable bonds is 6. The minimum Gasteiger partial charge on any atom is -0.366 e. The van der Waals surface area contributed by atoms with Gasteiger partial charge in [0.15, 0.2) is 5.82 Å². The molecule has 2 rings (SSSR count). The lowest BCUT2D eigenvalue weighted by Gasteiger charge is -2.14. The van der Waals surface area contributed by atoms with Gasteiger partial charge in [0, 0.05) is 6.04 Å². The molecule has 2 aromatic rings. The summed E-state index contributed by atoms with van der Waals surface area (Å²) in [5.41, 5.74) is 3.83. The molecule has 0 saturated heterocycles. The van der Waals surface area contributed by atoms with Crippen LogP contribution in [0.1, 0.15) is 18.9 Å². The zero-order valence-electron chi connectivity index (χ0n) is 11.0. The molecular formula is C14H19N5. The van der Waals surface area contributed by atoms with Crippen LogP contribution in [0.2, 0.25) is 0 Å². The summed E-state index contributed by atoms with van der Waals surface area (Å²) in [6.07, 6.45) is 5.35. The smallest absolute Gasteiger partial charge is 0.160 e. The second kappa shape index (κ2) is 6.70. The van der Waals surface area contributed by atoms with Crippen LogP contribution in [0.5, 0.6) is 0 Å². The molecule has 0 aliphatic heterocycles. The second-order valence-electron chi connectivity index (χ2n) is 4.50. The first-order valence-electron chi connectivity index (χ1n) is 6.37. The molecule has 1 atom stereocenters. The third kappa shape index (κ3) is 4.22. The Bertz CT molecular complexity index is 500. The van der Waals surface area contributed by atoms with Crippen molar-refractivity contribution in [1.82, 2.24) is 9.97 Å². The first kappa shape index (κ1) is 13.3. The number of nitrogens with one attached hydrogen (secondary N) is 2. The first-order valence-corrected chi connectivity index (χ1v) is 6.37. The average molecular weight is 257 g/mol. The summed E-state index contributed by atoms with van der Waals surface area (Å²) >= 11 is 0. The van der Waals surface area contributed by atoms with E-state index in [9.17, 15) is 0 Å². The molecule has 1 unspecified atom stereocenters. The largest absolute Gasteiger partial charge is 0.366 e. The second-order valence-corrected chi connectivity index (χ2v) is 4.50. The zero-order valence-corrected chi connectivity index (χ0v) is 11.0. The lowest BCUT2D eigenvalue weighted by Crippen LogP contribution is -2.18. The summed E-state index contributed by atoms with van der Waals surface area (Å²) in [5, 5.41) is 3.32. The van der Waals surface area contributed by atoms with Crippen LogP contribution in [0.4, 0.5) is 11.6 Å². The van der Waals surface area contributed by atoms with E-state index in [1.807, 2.05) is 6.07 Å². The van der Waals surface area contributed by atoms with Gasteiger partial charge < -0.3 is 10.7 Å². The van der Waals surface area contributed by atoms with Gasteiger partial charge in [-0.05, 0) is 25.3 Å². The van der Waals surface area contributed by atoms with Crippen LogP contribution in [-0.2, 0) is 6.42 Å². The number of aryl methyl sites for hydroxylation is 1. The van der Waals surface area contributed by atoms with Gasteiger partial charge in [0.25, 0.3) is 0 Å². The van der Waals surface area contributed by atoms with Gasteiger partial charge in [-0.15, -0.1) is 0 Å². The van der Waals surface area contributed by atoms with Crippen LogP contribution in [0.15, 0.2) is 42.7 Å². The van der Waals surface area contributed by atoms with Gasteiger partial charge in [-0.3, -0.25) is 4.98 Å². The Morgan fingerprint density at radius 1 is 1.16 bits per heavy atom. The first-order chi connectivity index (χ1) is 9.28. The van der Waals surface area contributed by atoms with Crippen molar-refractivity contribution in [2.75, 3.05) is 10.7 Å². The predicted octanol–water partition coefficient (Wildman–Crippen LogP) is 2.20. The third-order valence-electron chi connectivity index (χ3n) is 2.89. The maximum absolute atomic E-state index is 5.30. The molecule has 1 heterocycles. The highest BCUT2D eigenvalue weighted by molar-refractivity contribution is 5.41. The van der Waals surface area contributed by atoms with E-state index in [-0.39, 0.29) is 0 Å². The molecule has 1 aromatic carbocycles. The molecule has 0 aliphatic carbocycles. The highest BCUT2D eigenvalue weighted by atomic mass is 15.3. The Morgan fingerprint density at radius 2 is 1.89 bits per heavy atom. The minimum atomic E-state index is 0.322. The van der Waals surface area contributed by atoms with Crippen LogP contribution in [0.3, 0.4) is 0 Å². The van der Waals surface area contributed by atoms with E-state index in [4.69, 9.17) is 5.84 Å². The minimum absolute atomic E-state index is 0.322. The normalized spacial score (nSPS) is 11.9. The lowest BCUT2D eigenvalue weighted by molar-refractivity contribution is 0.702. The van der Waals surface area contributed by atoms with Crippen molar-refractivity contribution >= 4 is 11.6 Å². The number of hydrazine groups is 1. The molecule has 4 N–H and O–H groups in total. The topological polar surface area (TPSA) is 75.9 Å². The SMILES string of the molecule is CC(CCc1ccccc1)Nc1cncc(NN)n1. The number of nitrogens with two attached hydrogens (primary N) is 1. The molecule has 19 heavy (non-hydrogen) atoms. The number of anilines is 2. The molecule has 100 valence electrons. The molecule has 0 radical (unpaired) electrons. The van der Waals surface area contributed by atoms with Gasteiger partial charge in [0.2, 0.25) is 0 Å². The molecule has 0 saturated carbocycles. The summed E-state index contributed by atoms with van der Waals surface area (Å²) in [7, 11) is 0. The van der Waals surface area contributed by atoms with E-state index < -0.39 is 0 Å². The van der Waals surface area contributed by atoms with Crippen molar-refractivity contribution in [3.63, 3.8) is 0 Å². The van der Waals surface area contributed by atoms with E-state index in [0.717, 1.165) is 18.7 Å². The fourth-order valence-electron chi connectivity index (χ4n) is 1.86. The van der Waals surface area contributed by atoms with Crippen molar-refractivity contribution in [2.24, 2.45) is 5.84 Å². The Labute approximate surface area is 113 Å². The number of aromatic nitrogens is 2. The highest BCUT2D eigenvalue weighted by Crippen LogP contribution is 2.10. The molecular weight excluding hydrogens is 238 g/mol. The summed E-state index contributed by atoms with van der Waals surface area (Å²) < 4.78 is 0. The van der Waals surface area contributed by atoms with Gasteiger partial charge in [-0.2, -0.15) is 0 Å². The van der Waals surface area contributed by atoms with Gasteiger partial charge in [-0.1, -0.05) is 30.3 Å². The Morgan fingerprint density at radius 3 is 2.63 bits per heavy atom. The van der Waals surface area contributed by atoms with E-state index in [1.54, 1.807) is 12.4 Å². The van der Waals surface area contributed by atoms with Gasteiger partial charge >= 0.3 is 0 Å². The van der Waals surface area contributed by atoms with Crippen LogP contribution in [-0.4, -0.2) is 16.0 Å². The molecule has 0 spiro atoms. The maximum atomic E-state index is 5.30. The monoisotopic (exact) mass is 257 g/mol. The van der Waals surface area contributed by atoms with Crippen molar-refractivity contribution in [1.29, 1.82) is 0 Å². The number of hydrogen-bond acceptors (Lipinski definition) is 5. The van der Waals surface area contributed by atoms with E-state index in [1.165, 1.54) is 5.56 Å². The van der Waals surface area contributed by atoms with Crippen LogP contribution in [0.25, 0.3) is 0 Å². The predicted molar refractivity (Wildman–Crippen MR) is 77.7 cm³/mol. The molecule has 5 nitrogen and oxygen atoms in total. The van der Waals surface area contributed by atoms with Crippen LogP contribution < -0.4 is 16.6 Å². The molecule has 5 heteroatoms. The number of benzene rings is 1. The van der Waals surface area contributed by atoms with Crippen molar-refractivity contribution in [2.45, 2.75) is 25.8 Å². The maximum Gasteiger partial charge on any atom is 0.160 e. The third-order valence-corrected chi connectivity index (χ3v) is 2.89. The fraction of sp³-hybridized carbons (Fsp3) is 0.286. The zero-order chi connectivity index (χ0) is 13.5. The molecule has 0 amide bonds. The highest BCUT2D eigenvalue weighted by Gasteiger charge is 2.04. The molecule has 0 fully saturated rings. The summed E-state index contributed by atoms with van der Waals surface area (Å²) in [5.74, 6) is 6.59. The van der Waals surface area contributed by atoms with E-state index >= 15 is 0 Å². The molecule has 1 aromatic heterocycles. The Balaban J connectivity index is 1.85. The van der Waals surface area contributed by atoms with E-state index in [2.05, 4.69) is 51.9 Å². The quantitative estimate of drug-likeness (QED) is 0.546. The van der Waals surface area contributed by atoms with Crippen LogP contribution in [0, 0.1) is 0 Å². The fourth-order valence-corrected chi connectivity index (χ4v) is 1.86.